The van der Waals surface area contributed by atoms with Crippen LogP contribution in [0.25, 0.3) is 0 Å². The highest BCUT2D eigenvalue weighted by Crippen LogP contribution is 2.17. The van der Waals surface area contributed by atoms with E-state index in [4.69, 9.17) is 5.11 Å². The van der Waals surface area contributed by atoms with Crippen LogP contribution in [0.1, 0.15) is 33.1 Å². The van der Waals surface area contributed by atoms with E-state index in [2.05, 4.69) is 10.6 Å². The highest BCUT2D eigenvalue weighted by molar-refractivity contribution is 5.85. The average Bonchev–Trinajstić information content (AvgIpc) is 1.96. The summed E-state index contributed by atoms with van der Waals surface area (Å²) in [5.74, 6) is -1.04. The van der Waals surface area contributed by atoms with Crippen LogP contribution in [-0.4, -0.2) is 28.7 Å². The van der Waals surface area contributed by atoms with Crippen LogP contribution >= 0.6 is 0 Å². The van der Waals surface area contributed by atoms with Crippen molar-refractivity contribution in [2.45, 2.75) is 44.7 Å². The number of aliphatic carboxylic acids is 1. The van der Waals surface area contributed by atoms with Crippen molar-refractivity contribution in [3.63, 3.8) is 0 Å². The van der Waals surface area contributed by atoms with Gasteiger partial charge in [0.1, 0.15) is 5.54 Å². The molecule has 1 fully saturated rings. The van der Waals surface area contributed by atoms with E-state index in [9.17, 15) is 9.59 Å². The van der Waals surface area contributed by atoms with Crippen LogP contribution in [0, 0.1) is 0 Å². The lowest BCUT2D eigenvalue weighted by Crippen LogP contribution is -2.55. The molecule has 0 aromatic carbocycles. The van der Waals surface area contributed by atoms with E-state index in [1.54, 1.807) is 0 Å². The van der Waals surface area contributed by atoms with Crippen molar-refractivity contribution in [2.75, 3.05) is 0 Å². The third kappa shape index (κ3) is 2.61. The molecule has 0 bridgehead atoms. The van der Waals surface area contributed by atoms with Crippen molar-refractivity contribution in [1.82, 2.24) is 10.6 Å². The molecule has 2 amide bonds. The van der Waals surface area contributed by atoms with Gasteiger partial charge in [-0.1, -0.05) is 0 Å². The summed E-state index contributed by atoms with van der Waals surface area (Å²) in [4.78, 5) is 22.0. The minimum atomic E-state index is -1.21. The van der Waals surface area contributed by atoms with Gasteiger partial charge in [0.25, 0.3) is 0 Å². The number of carbonyl (C=O) groups is 2. The van der Waals surface area contributed by atoms with Crippen molar-refractivity contribution >= 4 is 12.0 Å². The molecule has 80 valence electrons. The zero-order chi connectivity index (χ0) is 10.8. The van der Waals surface area contributed by atoms with Crippen molar-refractivity contribution in [2.24, 2.45) is 0 Å². The second-order valence-electron chi connectivity index (χ2n) is 4.16. The second-order valence-corrected chi connectivity index (χ2v) is 4.16. The first kappa shape index (κ1) is 10.8. The van der Waals surface area contributed by atoms with Gasteiger partial charge in [0, 0.05) is 6.04 Å². The van der Waals surface area contributed by atoms with Crippen LogP contribution in [0.2, 0.25) is 0 Å². The summed E-state index contributed by atoms with van der Waals surface area (Å²) in [6.45, 7) is 2.91. The number of carboxylic acid groups (broad SMARTS) is 1. The number of hydrogen-bond donors (Lipinski definition) is 3. The zero-order valence-corrected chi connectivity index (χ0v) is 8.46. The third-order valence-electron chi connectivity index (χ3n) is 2.40. The molecule has 14 heavy (non-hydrogen) atoms. The molecule has 0 saturated heterocycles. The van der Waals surface area contributed by atoms with Gasteiger partial charge in [-0.25, -0.2) is 9.59 Å². The standard InChI is InChI=1S/C9H16N2O3/c1-9(2,7(12)13)11-8(14)10-6-4-3-5-6/h6H,3-5H2,1-2H3,(H,12,13)(H2,10,11,14). The highest BCUT2D eigenvalue weighted by Gasteiger charge is 2.30. The van der Waals surface area contributed by atoms with Crippen molar-refractivity contribution in [3.8, 4) is 0 Å². The number of rotatable bonds is 3. The Labute approximate surface area is 82.9 Å². The topological polar surface area (TPSA) is 78.4 Å². The van der Waals surface area contributed by atoms with Crippen molar-refractivity contribution in [1.29, 1.82) is 0 Å². The Bertz CT molecular complexity index is 246. The number of urea groups is 1. The van der Waals surface area contributed by atoms with Gasteiger partial charge in [0.15, 0.2) is 0 Å². The number of carboxylic acids is 1. The smallest absolute Gasteiger partial charge is 0.328 e. The first-order chi connectivity index (χ1) is 6.42. The van der Waals surface area contributed by atoms with Gasteiger partial charge in [0.05, 0.1) is 0 Å². The Morgan fingerprint density at radius 3 is 2.29 bits per heavy atom. The van der Waals surface area contributed by atoms with E-state index >= 15 is 0 Å². The lowest BCUT2D eigenvalue weighted by atomic mass is 9.93. The summed E-state index contributed by atoms with van der Waals surface area (Å²) in [5, 5.41) is 13.9. The number of amides is 2. The van der Waals surface area contributed by atoms with E-state index in [-0.39, 0.29) is 6.04 Å². The number of carbonyl (C=O) groups excluding carboxylic acids is 1. The van der Waals surface area contributed by atoms with Crippen molar-refractivity contribution in [3.05, 3.63) is 0 Å². The summed E-state index contributed by atoms with van der Waals surface area (Å²) >= 11 is 0. The molecule has 0 aliphatic heterocycles. The summed E-state index contributed by atoms with van der Waals surface area (Å²) in [5.41, 5.74) is -1.21. The van der Waals surface area contributed by atoms with E-state index in [1.807, 2.05) is 0 Å². The molecule has 0 radical (unpaired) electrons. The maximum atomic E-state index is 11.3. The third-order valence-corrected chi connectivity index (χ3v) is 2.40. The molecular weight excluding hydrogens is 184 g/mol. The monoisotopic (exact) mass is 200 g/mol. The normalized spacial score (nSPS) is 17.0. The lowest BCUT2D eigenvalue weighted by molar-refractivity contribution is -0.142. The van der Waals surface area contributed by atoms with E-state index in [1.165, 1.54) is 13.8 Å². The second kappa shape index (κ2) is 3.86. The molecule has 0 unspecified atom stereocenters. The predicted octanol–water partition coefficient (Wildman–Crippen LogP) is 0.701. The quantitative estimate of drug-likeness (QED) is 0.627. The largest absolute Gasteiger partial charge is 0.480 e. The van der Waals surface area contributed by atoms with Crippen LogP contribution in [-0.2, 0) is 4.79 Å². The van der Waals surface area contributed by atoms with Crippen LogP contribution in [0.3, 0.4) is 0 Å². The van der Waals surface area contributed by atoms with Crippen molar-refractivity contribution < 1.29 is 14.7 Å². The van der Waals surface area contributed by atoms with Gasteiger partial charge in [-0.3, -0.25) is 0 Å². The van der Waals surface area contributed by atoms with Gasteiger partial charge in [-0.15, -0.1) is 0 Å². The molecule has 5 nitrogen and oxygen atoms in total. The fraction of sp³-hybridized carbons (Fsp3) is 0.778. The first-order valence-electron chi connectivity index (χ1n) is 4.74. The van der Waals surface area contributed by atoms with Gasteiger partial charge >= 0.3 is 12.0 Å². The number of nitrogens with one attached hydrogen (secondary N) is 2. The molecular formula is C9H16N2O3. The first-order valence-corrected chi connectivity index (χ1v) is 4.74. The lowest BCUT2D eigenvalue weighted by Gasteiger charge is -2.29. The summed E-state index contributed by atoms with van der Waals surface area (Å²) in [7, 11) is 0. The fourth-order valence-corrected chi connectivity index (χ4v) is 1.11. The number of hydrogen-bond acceptors (Lipinski definition) is 2. The molecule has 1 saturated carbocycles. The van der Waals surface area contributed by atoms with E-state index < -0.39 is 17.5 Å². The fourth-order valence-electron chi connectivity index (χ4n) is 1.11. The Morgan fingerprint density at radius 2 is 1.93 bits per heavy atom. The van der Waals surface area contributed by atoms with Gasteiger partial charge in [0.2, 0.25) is 0 Å². The highest BCUT2D eigenvalue weighted by atomic mass is 16.4. The molecule has 0 atom stereocenters. The van der Waals surface area contributed by atoms with Gasteiger partial charge < -0.3 is 15.7 Å². The molecule has 1 aliphatic carbocycles. The Kier molecular flexibility index (Phi) is 2.98. The maximum absolute atomic E-state index is 11.3. The Hall–Kier alpha value is -1.26. The summed E-state index contributed by atoms with van der Waals surface area (Å²) < 4.78 is 0. The van der Waals surface area contributed by atoms with E-state index in [0.29, 0.717) is 0 Å². The summed E-state index contributed by atoms with van der Waals surface area (Å²) in [6, 6.07) is -0.179. The van der Waals surface area contributed by atoms with Gasteiger partial charge in [-0.05, 0) is 33.1 Å². The van der Waals surface area contributed by atoms with Crippen LogP contribution in [0.5, 0.6) is 0 Å². The molecule has 5 heteroatoms. The maximum Gasteiger partial charge on any atom is 0.328 e. The minimum Gasteiger partial charge on any atom is -0.480 e. The van der Waals surface area contributed by atoms with E-state index in [0.717, 1.165) is 19.3 Å². The molecule has 0 heterocycles. The van der Waals surface area contributed by atoms with Crippen LogP contribution in [0.4, 0.5) is 4.79 Å². The zero-order valence-electron chi connectivity index (χ0n) is 8.46. The Morgan fingerprint density at radius 1 is 1.36 bits per heavy atom. The van der Waals surface area contributed by atoms with Gasteiger partial charge in [-0.2, -0.15) is 0 Å². The SMILES string of the molecule is CC(C)(NC(=O)NC1CCC1)C(=O)O. The Balaban J connectivity index is 2.35. The molecule has 1 rings (SSSR count). The summed E-state index contributed by atoms with van der Waals surface area (Å²) in [6.07, 6.45) is 3.11. The molecule has 0 aromatic heterocycles. The molecule has 1 aliphatic rings. The predicted molar refractivity (Wildman–Crippen MR) is 51.0 cm³/mol. The molecule has 0 aromatic rings. The molecule has 0 spiro atoms. The average molecular weight is 200 g/mol. The van der Waals surface area contributed by atoms with Crippen LogP contribution in [0.15, 0.2) is 0 Å². The minimum absolute atomic E-state index is 0.222. The molecule has 3 N–H and O–H groups in total. The van der Waals surface area contributed by atoms with Crippen LogP contribution < -0.4 is 10.6 Å².